The highest BCUT2D eigenvalue weighted by Gasteiger charge is 2.26. The molecule has 31 heavy (non-hydrogen) atoms. The number of aromatic amines is 1. The fourth-order valence-electron chi connectivity index (χ4n) is 3.94. The second-order valence-corrected chi connectivity index (χ2v) is 12.1. The Hall–Kier alpha value is -2.26. The number of fused-ring (bicyclic) bond motifs is 1. The van der Waals surface area contributed by atoms with Crippen molar-refractivity contribution in [2.75, 3.05) is 29.9 Å². The molecule has 1 fully saturated rings. The normalized spacial score (nSPS) is 16.9. The van der Waals surface area contributed by atoms with E-state index < -0.39 is 20.8 Å². The minimum Gasteiger partial charge on any atom is -0.358 e. The topological polar surface area (TPSA) is 119 Å². The van der Waals surface area contributed by atoms with Crippen molar-refractivity contribution in [2.45, 2.75) is 29.9 Å². The van der Waals surface area contributed by atoms with Crippen molar-refractivity contribution in [3.05, 3.63) is 40.7 Å². The Morgan fingerprint density at radius 1 is 1.39 bits per heavy atom. The Bertz CT molecular complexity index is 1280. The van der Waals surface area contributed by atoms with Crippen LogP contribution in [0.4, 0.5) is 5.69 Å². The van der Waals surface area contributed by atoms with Crippen molar-refractivity contribution >= 4 is 48.7 Å². The van der Waals surface area contributed by atoms with Crippen LogP contribution in [0.25, 0.3) is 10.9 Å². The average Bonchev–Trinajstić information content (AvgIpc) is 3.38. The molecule has 4 rings (SSSR count). The van der Waals surface area contributed by atoms with Gasteiger partial charge in [0.2, 0.25) is 0 Å². The Morgan fingerprint density at radius 2 is 2.13 bits per heavy atom. The highest BCUT2D eigenvalue weighted by Crippen LogP contribution is 2.34. The lowest BCUT2D eigenvalue weighted by molar-refractivity contribution is 0.243. The molecule has 3 heterocycles. The number of anilines is 1. The van der Waals surface area contributed by atoms with Crippen LogP contribution in [0.1, 0.15) is 34.9 Å². The van der Waals surface area contributed by atoms with E-state index in [1.165, 1.54) is 17.5 Å². The Morgan fingerprint density at radius 3 is 2.81 bits per heavy atom. The second kappa shape index (κ2) is 8.70. The lowest BCUT2D eigenvalue weighted by Crippen LogP contribution is -2.35. The number of nitriles is 1. The number of likely N-dealkylation sites (tertiary alicyclic amines) is 1. The van der Waals surface area contributed by atoms with Gasteiger partial charge in [-0.15, -0.1) is 11.3 Å². The van der Waals surface area contributed by atoms with Crippen molar-refractivity contribution in [3.63, 3.8) is 0 Å². The molecule has 1 aliphatic heterocycles. The molecule has 1 atom stereocenters. The smallest absolute Gasteiger partial charge is 0.273 e. The van der Waals surface area contributed by atoms with Crippen LogP contribution in [0.15, 0.2) is 28.7 Å². The van der Waals surface area contributed by atoms with E-state index >= 15 is 0 Å². The van der Waals surface area contributed by atoms with Gasteiger partial charge in [0.05, 0.1) is 33.8 Å². The zero-order valence-electron chi connectivity index (χ0n) is 17.2. The van der Waals surface area contributed by atoms with Crippen LogP contribution in [-0.2, 0) is 20.8 Å². The van der Waals surface area contributed by atoms with E-state index in [0.29, 0.717) is 28.0 Å². The number of nitrogens with zero attached hydrogens (tertiary/aromatic N) is 3. The first-order valence-corrected chi connectivity index (χ1v) is 13.8. The molecule has 164 valence electrons. The van der Waals surface area contributed by atoms with Crippen LogP contribution in [0.2, 0.25) is 0 Å². The molecule has 0 bridgehead atoms. The summed E-state index contributed by atoms with van der Waals surface area (Å²) in [5.41, 5.74) is 2.37. The van der Waals surface area contributed by atoms with Crippen LogP contribution < -0.4 is 4.72 Å². The van der Waals surface area contributed by atoms with Gasteiger partial charge < -0.3 is 4.98 Å². The van der Waals surface area contributed by atoms with Gasteiger partial charge in [-0.1, -0.05) is 6.07 Å². The average molecular weight is 478 g/mol. The second-order valence-electron chi connectivity index (χ2n) is 7.71. The molecule has 3 aromatic rings. The number of thiazole rings is 1. The van der Waals surface area contributed by atoms with Gasteiger partial charge in [-0.2, -0.15) is 5.26 Å². The molecule has 1 aliphatic rings. The molecule has 1 aromatic carbocycles. The van der Waals surface area contributed by atoms with E-state index in [0.717, 1.165) is 36.5 Å². The van der Waals surface area contributed by atoms with Crippen molar-refractivity contribution in [1.29, 1.82) is 5.26 Å². The lowest BCUT2D eigenvalue weighted by atomic mass is 9.98. The molecule has 2 aromatic heterocycles. The van der Waals surface area contributed by atoms with Crippen molar-refractivity contribution in [2.24, 2.45) is 0 Å². The fraction of sp³-hybridized carbons (Fsp3) is 0.400. The summed E-state index contributed by atoms with van der Waals surface area (Å²) in [5.74, 6) is 0.786. The predicted molar refractivity (Wildman–Crippen MR) is 123 cm³/mol. The summed E-state index contributed by atoms with van der Waals surface area (Å²) in [6.45, 7) is 3.55. The summed E-state index contributed by atoms with van der Waals surface area (Å²) in [5, 5.41) is 10.8. The molecule has 0 saturated carbocycles. The molecule has 1 unspecified atom stereocenters. The number of benzene rings is 1. The van der Waals surface area contributed by atoms with E-state index in [4.69, 9.17) is 0 Å². The minimum absolute atomic E-state index is 0.167. The third-order valence-corrected chi connectivity index (χ3v) is 9.19. The molecular formula is C20H23N5O3S3. The number of rotatable bonds is 6. The van der Waals surface area contributed by atoms with Crippen molar-refractivity contribution in [3.8, 4) is 6.07 Å². The summed E-state index contributed by atoms with van der Waals surface area (Å²) >= 11 is 1.20. The Balaban J connectivity index is 1.53. The fourth-order valence-corrected chi connectivity index (χ4v) is 7.10. The van der Waals surface area contributed by atoms with Crippen LogP contribution in [0.3, 0.4) is 0 Å². The first-order chi connectivity index (χ1) is 14.8. The van der Waals surface area contributed by atoms with Crippen LogP contribution in [-0.4, -0.2) is 52.7 Å². The molecule has 0 amide bonds. The molecule has 1 saturated heterocycles. The van der Waals surface area contributed by atoms with Crippen molar-refractivity contribution < 1.29 is 12.6 Å². The molecule has 0 spiro atoms. The Kier molecular flexibility index (Phi) is 6.16. The van der Waals surface area contributed by atoms with Gasteiger partial charge in [-0.25, -0.2) is 13.4 Å². The van der Waals surface area contributed by atoms with E-state index in [9.17, 15) is 17.9 Å². The lowest BCUT2D eigenvalue weighted by Gasteiger charge is -2.30. The van der Waals surface area contributed by atoms with Crippen LogP contribution >= 0.6 is 11.3 Å². The van der Waals surface area contributed by atoms with E-state index in [1.807, 2.05) is 6.92 Å². The number of aromatic nitrogens is 2. The zero-order chi connectivity index (χ0) is 22.2. The van der Waals surface area contributed by atoms with Gasteiger partial charge in [0, 0.05) is 34.6 Å². The van der Waals surface area contributed by atoms with Gasteiger partial charge in [0.25, 0.3) is 10.0 Å². The number of piperidine rings is 1. The van der Waals surface area contributed by atoms with Crippen LogP contribution in [0, 0.1) is 18.3 Å². The van der Waals surface area contributed by atoms with Crippen LogP contribution in [0.5, 0.6) is 0 Å². The summed E-state index contributed by atoms with van der Waals surface area (Å²) < 4.78 is 40.3. The Labute approximate surface area is 187 Å². The van der Waals surface area contributed by atoms with Gasteiger partial charge in [0.15, 0.2) is 4.21 Å². The number of nitrogens with one attached hydrogen (secondary N) is 2. The maximum absolute atomic E-state index is 13.0. The first-order valence-electron chi connectivity index (χ1n) is 9.80. The van der Waals surface area contributed by atoms with Gasteiger partial charge in [-0.3, -0.25) is 13.8 Å². The SMILES string of the molecule is Cc1ccc(NS(=O)(=O)c2cnc(C3CCN(CS(C)=O)CC3)s2)c2[nH]cc(C#N)c12. The third-order valence-electron chi connectivity index (χ3n) is 5.48. The molecule has 2 N–H and O–H groups in total. The summed E-state index contributed by atoms with van der Waals surface area (Å²) in [6, 6.07) is 5.62. The first kappa shape index (κ1) is 22.0. The molecule has 0 radical (unpaired) electrons. The summed E-state index contributed by atoms with van der Waals surface area (Å²) in [6.07, 6.45) is 6.44. The quantitative estimate of drug-likeness (QED) is 0.563. The number of H-pyrrole nitrogens is 1. The predicted octanol–water partition coefficient (Wildman–Crippen LogP) is 3.12. The van der Waals surface area contributed by atoms with Crippen molar-refractivity contribution in [1.82, 2.24) is 14.9 Å². The minimum atomic E-state index is -3.81. The number of aryl methyl sites for hydroxylation is 1. The standard InChI is InChI=1S/C20H23N5O3S3/c1-13-3-4-16(19-18(13)15(9-21)10-22-19)24-31(27,28)17-11-23-20(29-17)14-5-7-25(8-6-14)12-30(2)26/h3-4,10-11,14,22,24H,5-8,12H2,1-2H3. The zero-order valence-corrected chi connectivity index (χ0v) is 19.7. The van der Waals surface area contributed by atoms with Gasteiger partial charge in [-0.05, 0) is 44.5 Å². The molecular weight excluding hydrogens is 454 g/mol. The third kappa shape index (κ3) is 4.52. The van der Waals surface area contributed by atoms with Gasteiger partial charge in [0.1, 0.15) is 6.07 Å². The highest BCUT2D eigenvalue weighted by molar-refractivity contribution is 7.94. The highest BCUT2D eigenvalue weighted by atomic mass is 32.2. The number of sulfonamides is 1. The summed E-state index contributed by atoms with van der Waals surface area (Å²) in [4.78, 5) is 9.58. The summed E-state index contributed by atoms with van der Waals surface area (Å²) in [7, 11) is -4.66. The molecule has 11 heteroatoms. The maximum atomic E-state index is 13.0. The number of hydrogen-bond acceptors (Lipinski definition) is 7. The molecule has 0 aliphatic carbocycles. The maximum Gasteiger partial charge on any atom is 0.273 e. The van der Waals surface area contributed by atoms with E-state index in [1.54, 1.807) is 24.6 Å². The monoisotopic (exact) mass is 477 g/mol. The van der Waals surface area contributed by atoms with E-state index in [2.05, 4.69) is 25.7 Å². The van der Waals surface area contributed by atoms with Gasteiger partial charge >= 0.3 is 0 Å². The van der Waals surface area contributed by atoms with E-state index in [-0.39, 0.29) is 10.1 Å². The largest absolute Gasteiger partial charge is 0.358 e. The molecule has 8 nitrogen and oxygen atoms in total. The number of hydrogen-bond donors (Lipinski definition) is 2.